The third-order valence-electron chi connectivity index (χ3n) is 5.19. The standard InChI is InChI=1S/C18H25N5/c1-22-16(18(8-9-18)14-15-6-3-2-4-7-15)20-21-17(22)23-12-5-10-19-11-13-23/h2-4,6-7,19H,5,8-14H2,1H3. The molecule has 122 valence electrons. The molecule has 1 aliphatic heterocycles. The molecule has 1 aromatic carbocycles. The normalized spacial score (nSPS) is 20.3. The van der Waals surface area contributed by atoms with Gasteiger partial charge in [0.2, 0.25) is 5.95 Å². The van der Waals surface area contributed by atoms with Gasteiger partial charge in [0.05, 0.1) is 0 Å². The average molecular weight is 311 g/mol. The van der Waals surface area contributed by atoms with Crippen molar-refractivity contribution in [3.8, 4) is 0 Å². The first-order chi connectivity index (χ1) is 11.3. The van der Waals surface area contributed by atoms with Gasteiger partial charge in [0.15, 0.2) is 0 Å². The molecule has 0 bridgehead atoms. The van der Waals surface area contributed by atoms with Crippen molar-refractivity contribution in [2.75, 3.05) is 31.1 Å². The number of anilines is 1. The van der Waals surface area contributed by atoms with Crippen LogP contribution >= 0.6 is 0 Å². The van der Waals surface area contributed by atoms with Gasteiger partial charge in [0.1, 0.15) is 5.82 Å². The minimum absolute atomic E-state index is 0.200. The van der Waals surface area contributed by atoms with Crippen molar-refractivity contribution in [1.82, 2.24) is 20.1 Å². The molecule has 1 saturated carbocycles. The molecular formula is C18H25N5. The fraction of sp³-hybridized carbons (Fsp3) is 0.556. The fourth-order valence-corrected chi connectivity index (χ4v) is 3.72. The van der Waals surface area contributed by atoms with E-state index in [1.54, 1.807) is 0 Å². The Labute approximate surface area is 137 Å². The summed E-state index contributed by atoms with van der Waals surface area (Å²) in [4.78, 5) is 2.37. The first-order valence-corrected chi connectivity index (χ1v) is 8.68. The largest absolute Gasteiger partial charge is 0.340 e. The van der Waals surface area contributed by atoms with E-state index in [1.165, 1.54) is 18.4 Å². The predicted molar refractivity (Wildman–Crippen MR) is 91.8 cm³/mol. The van der Waals surface area contributed by atoms with Crippen LogP contribution in [0.15, 0.2) is 30.3 Å². The molecule has 0 unspecified atom stereocenters. The second kappa shape index (κ2) is 5.96. The topological polar surface area (TPSA) is 46.0 Å². The highest BCUT2D eigenvalue weighted by atomic mass is 15.4. The minimum atomic E-state index is 0.200. The summed E-state index contributed by atoms with van der Waals surface area (Å²) in [5.74, 6) is 2.19. The van der Waals surface area contributed by atoms with Crippen LogP contribution < -0.4 is 10.2 Å². The van der Waals surface area contributed by atoms with Crippen LogP contribution in [0.3, 0.4) is 0 Å². The first-order valence-electron chi connectivity index (χ1n) is 8.68. The lowest BCUT2D eigenvalue weighted by molar-refractivity contribution is 0.596. The number of hydrogen-bond donors (Lipinski definition) is 1. The number of nitrogens with one attached hydrogen (secondary N) is 1. The van der Waals surface area contributed by atoms with Crippen molar-refractivity contribution in [2.45, 2.75) is 31.1 Å². The van der Waals surface area contributed by atoms with Crippen LogP contribution in [0.1, 0.15) is 30.7 Å². The van der Waals surface area contributed by atoms with Crippen molar-refractivity contribution in [2.24, 2.45) is 7.05 Å². The maximum atomic E-state index is 4.60. The zero-order valence-electron chi connectivity index (χ0n) is 13.8. The average Bonchev–Trinajstić information content (AvgIpc) is 3.30. The van der Waals surface area contributed by atoms with Gasteiger partial charge in [-0.25, -0.2) is 0 Å². The van der Waals surface area contributed by atoms with Crippen LogP contribution in [0.2, 0.25) is 0 Å². The van der Waals surface area contributed by atoms with Crippen molar-refractivity contribution >= 4 is 5.95 Å². The van der Waals surface area contributed by atoms with E-state index in [4.69, 9.17) is 0 Å². The number of aromatic nitrogens is 3. The van der Waals surface area contributed by atoms with Gasteiger partial charge in [0.25, 0.3) is 0 Å². The van der Waals surface area contributed by atoms with Crippen LogP contribution in [-0.2, 0) is 18.9 Å². The molecule has 0 spiro atoms. The Morgan fingerprint density at radius 1 is 1.09 bits per heavy atom. The van der Waals surface area contributed by atoms with E-state index in [9.17, 15) is 0 Å². The van der Waals surface area contributed by atoms with E-state index in [2.05, 4.69) is 62.4 Å². The Kier molecular flexibility index (Phi) is 3.81. The van der Waals surface area contributed by atoms with Gasteiger partial charge in [-0.2, -0.15) is 0 Å². The highest BCUT2D eigenvalue weighted by Crippen LogP contribution is 2.50. The quantitative estimate of drug-likeness (QED) is 0.936. The van der Waals surface area contributed by atoms with Crippen LogP contribution in [0.4, 0.5) is 5.95 Å². The molecule has 1 N–H and O–H groups in total. The third kappa shape index (κ3) is 2.85. The molecule has 23 heavy (non-hydrogen) atoms. The van der Waals surface area contributed by atoms with E-state index < -0.39 is 0 Å². The number of rotatable bonds is 4. The maximum Gasteiger partial charge on any atom is 0.227 e. The lowest BCUT2D eigenvalue weighted by atomic mass is 9.95. The van der Waals surface area contributed by atoms with Crippen LogP contribution in [-0.4, -0.2) is 40.9 Å². The summed E-state index contributed by atoms with van der Waals surface area (Å²) in [6.07, 6.45) is 4.67. The summed E-state index contributed by atoms with van der Waals surface area (Å²) >= 11 is 0. The van der Waals surface area contributed by atoms with Crippen LogP contribution in [0.5, 0.6) is 0 Å². The van der Waals surface area contributed by atoms with E-state index in [1.807, 2.05) is 0 Å². The molecule has 1 aromatic heterocycles. The lowest BCUT2D eigenvalue weighted by Crippen LogP contribution is -2.30. The molecule has 0 atom stereocenters. The molecule has 2 heterocycles. The molecule has 5 nitrogen and oxygen atoms in total. The summed E-state index contributed by atoms with van der Waals surface area (Å²) in [5, 5.41) is 12.6. The van der Waals surface area contributed by atoms with Gasteiger partial charge < -0.3 is 10.2 Å². The second-order valence-electron chi connectivity index (χ2n) is 6.92. The van der Waals surface area contributed by atoms with E-state index in [-0.39, 0.29) is 5.41 Å². The molecule has 4 rings (SSSR count). The molecule has 2 aromatic rings. The smallest absolute Gasteiger partial charge is 0.227 e. The molecule has 2 aliphatic rings. The highest BCUT2D eigenvalue weighted by molar-refractivity contribution is 5.36. The summed E-state index contributed by atoms with van der Waals surface area (Å²) < 4.78 is 2.24. The van der Waals surface area contributed by atoms with E-state index in [0.29, 0.717) is 0 Å². The first kappa shape index (κ1) is 14.7. The van der Waals surface area contributed by atoms with Gasteiger partial charge in [-0.1, -0.05) is 30.3 Å². The molecular weight excluding hydrogens is 286 g/mol. The van der Waals surface area contributed by atoms with Crippen LogP contribution in [0, 0.1) is 0 Å². The number of hydrogen-bond acceptors (Lipinski definition) is 4. The van der Waals surface area contributed by atoms with Crippen LogP contribution in [0.25, 0.3) is 0 Å². The summed E-state index contributed by atoms with van der Waals surface area (Å²) in [6.45, 7) is 4.19. The van der Waals surface area contributed by atoms with Crippen molar-refractivity contribution in [1.29, 1.82) is 0 Å². The Balaban J connectivity index is 1.57. The zero-order chi connectivity index (χ0) is 15.7. The molecule has 0 amide bonds. The highest BCUT2D eigenvalue weighted by Gasteiger charge is 2.48. The van der Waals surface area contributed by atoms with Gasteiger partial charge in [-0.05, 0) is 37.8 Å². The fourth-order valence-electron chi connectivity index (χ4n) is 3.72. The van der Waals surface area contributed by atoms with E-state index >= 15 is 0 Å². The Morgan fingerprint density at radius 2 is 1.91 bits per heavy atom. The molecule has 0 radical (unpaired) electrons. The summed E-state index contributed by atoms with van der Waals surface area (Å²) in [7, 11) is 2.13. The monoisotopic (exact) mass is 311 g/mol. The van der Waals surface area contributed by atoms with E-state index in [0.717, 1.165) is 50.8 Å². The number of nitrogens with zero attached hydrogens (tertiary/aromatic N) is 4. The molecule has 2 fully saturated rings. The third-order valence-corrected chi connectivity index (χ3v) is 5.19. The van der Waals surface area contributed by atoms with Gasteiger partial charge in [-0.3, -0.25) is 4.57 Å². The Morgan fingerprint density at radius 3 is 2.70 bits per heavy atom. The molecule has 1 saturated heterocycles. The Hall–Kier alpha value is -1.88. The Bertz CT molecular complexity index is 651. The van der Waals surface area contributed by atoms with Crippen molar-refractivity contribution < 1.29 is 0 Å². The molecule has 5 heteroatoms. The van der Waals surface area contributed by atoms with Crippen molar-refractivity contribution in [3.05, 3.63) is 41.7 Å². The number of benzene rings is 1. The summed E-state index contributed by atoms with van der Waals surface area (Å²) in [6, 6.07) is 10.8. The summed E-state index contributed by atoms with van der Waals surface area (Å²) in [5.41, 5.74) is 1.60. The van der Waals surface area contributed by atoms with Gasteiger partial charge >= 0.3 is 0 Å². The predicted octanol–water partition coefficient (Wildman–Crippen LogP) is 1.89. The SMILES string of the molecule is Cn1c(N2CCCNCC2)nnc1C1(Cc2ccccc2)CC1. The zero-order valence-corrected chi connectivity index (χ0v) is 13.8. The van der Waals surface area contributed by atoms with Gasteiger partial charge in [0, 0.05) is 32.1 Å². The minimum Gasteiger partial charge on any atom is -0.340 e. The second-order valence-corrected chi connectivity index (χ2v) is 6.92. The molecule has 1 aliphatic carbocycles. The maximum absolute atomic E-state index is 4.60. The van der Waals surface area contributed by atoms with Gasteiger partial charge in [-0.15, -0.1) is 10.2 Å². The van der Waals surface area contributed by atoms with Crippen molar-refractivity contribution in [3.63, 3.8) is 0 Å². The lowest BCUT2D eigenvalue weighted by Gasteiger charge is -2.21.